The number of nitrogens with one attached hydrogen (secondary N) is 2. The van der Waals surface area contributed by atoms with Gasteiger partial charge in [-0.25, -0.2) is 0 Å². The van der Waals surface area contributed by atoms with Crippen molar-refractivity contribution in [1.82, 2.24) is 15.5 Å². The molecular formula is C13H27N3O. The summed E-state index contributed by atoms with van der Waals surface area (Å²) in [4.78, 5) is 14.2. The molecule has 4 heteroatoms. The third-order valence-electron chi connectivity index (χ3n) is 3.32. The monoisotopic (exact) mass is 241 g/mol. The molecule has 1 aliphatic rings. The molecule has 1 atom stereocenters. The van der Waals surface area contributed by atoms with Crippen molar-refractivity contribution in [3.63, 3.8) is 0 Å². The highest BCUT2D eigenvalue weighted by Gasteiger charge is 2.27. The summed E-state index contributed by atoms with van der Waals surface area (Å²) in [6.07, 6.45) is 2.66. The molecule has 0 aromatic carbocycles. The minimum atomic E-state index is 0.0611. The van der Waals surface area contributed by atoms with Gasteiger partial charge in [0.1, 0.15) is 0 Å². The summed E-state index contributed by atoms with van der Waals surface area (Å²) in [6, 6.07) is 0.788. The molecule has 2 N–H and O–H groups in total. The number of carbonyl (C=O) groups excluding carboxylic acids is 1. The number of likely N-dealkylation sites (N-methyl/N-ethyl adjacent to an activating group) is 1. The van der Waals surface area contributed by atoms with Crippen LogP contribution < -0.4 is 10.6 Å². The van der Waals surface area contributed by atoms with E-state index in [0.717, 1.165) is 38.8 Å². The Bertz CT molecular complexity index is 229. The first kappa shape index (κ1) is 14.5. The van der Waals surface area contributed by atoms with E-state index in [1.54, 1.807) is 0 Å². The normalized spacial score (nSPS) is 17.2. The molecule has 1 aliphatic carbocycles. The van der Waals surface area contributed by atoms with Crippen LogP contribution in [0.25, 0.3) is 0 Å². The first-order valence-corrected chi connectivity index (χ1v) is 6.91. The summed E-state index contributed by atoms with van der Waals surface area (Å²) in [5.41, 5.74) is 0. The van der Waals surface area contributed by atoms with Crippen molar-refractivity contribution in [1.29, 1.82) is 0 Å². The molecule has 0 saturated heterocycles. The summed E-state index contributed by atoms with van der Waals surface area (Å²) < 4.78 is 0. The largest absolute Gasteiger partial charge is 0.355 e. The van der Waals surface area contributed by atoms with E-state index in [9.17, 15) is 4.79 Å². The van der Waals surface area contributed by atoms with Gasteiger partial charge in [0.25, 0.3) is 0 Å². The van der Waals surface area contributed by atoms with E-state index in [2.05, 4.69) is 29.4 Å². The highest BCUT2D eigenvalue weighted by Crippen LogP contribution is 2.25. The van der Waals surface area contributed by atoms with Gasteiger partial charge in [-0.15, -0.1) is 0 Å². The van der Waals surface area contributed by atoms with E-state index in [4.69, 9.17) is 0 Å². The molecule has 0 aliphatic heterocycles. The number of carbonyl (C=O) groups is 1. The van der Waals surface area contributed by atoms with Crippen molar-refractivity contribution in [3.05, 3.63) is 0 Å². The molecule has 0 radical (unpaired) electrons. The first-order valence-electron chi connectivity index (χ1n) is 6.91. The van der Waals surface area contributed by atoms with Crippen molar-refractivity contribution in [2.45, 2.75) is 39.7 Å². The average Bonchev–Trinajstić information content (AvgIpc) is 3.15. The number of hydrogen-bond acceptors (Lipinski definition) is 3. The molecule has 0 bridgehead atoms. The van der Waals surface area contributed by atoms with Gasteiger partial charge in [0.2, 0.25) is 5.91 Å². The van der Waals surface area contributed by atoms with Gasteiger partial charge in [0, 0.05) is 31.6 Å². The molecule has 4 nitrogen and oxygen atoms in total. The van der Waals surface area contributed by atoms with Crippen LogP contribution in [-0.2, 0) is 4.79 Å². The number of nitrogens with zero attached hydrogens (tertiary/aromatic N) is 1. The van der Waals surface area contributed by atoms with E-state index in [1.807, 2.05) is 6.92 Å². The Morgan fingerprint density at radius 1 is 1.41 bits per heavy atom. The molecule has 17 heavy (non-hydrogen) atoms. The van der Waals surface area contributed by atoms with E-state index in [0.29, 0.717) is 0 Å². The van der Waals surface area contributed by atoms with Crippen LogP contribution in [0.4, 0.5) is 0 Å². The molecule has 0 aromatic rings. The second-order valence-corrected chi connectivity index (χ2v) is 4.86. The number of hydrogen-bond donors (Lipinski definition) is 2. The lowest BCUT2D eigenvalue weighted by atomic mass is 10.1. The van der Waals surface area contributed by atoms with Crippen molar-refractivity contribution < 1.29 is 4.79 Å². The van der Waals surface area contributed by atoms with Crippen LogP contribution >= 0.6 is 0 Å². The molecule has 1 amide bonds. The second kappa shape index (κ2) is 7.67. The first-order chi connectivity index (χ1) is 8.19. The maximum atomic E-state index is 11.7. The predicted molar refractivity (Wildman–Crippen MR) is 71.0 cm³/mol. The Balaban J connectivity index is 2.09. The topological polar surface area (TPSA) is 44.4 Å². The number of amides is 1. The smallest absolute Gasteiger partial charge is 0.224 e. The molecule has 1 fully saturated rings. The Labute approximate surface area is 105 Å². The molecule has 1 unspecified atom stereocenters. The van der Waals surface area contributed by atoms with E-state index in [-0.39, 0.29) is 11.8 Å². The minimum Gasteiger partial charge on any atom is -0.355 e. The molecule has 1 rings (SSSR count). The van der Waals surface area contributed by atoms with Gasteiger partial charge in [-0.3, -0.25) is 9.69 Å². The van der Waals surface area contributed by atoms with Crippen LogP contribution in [0.2, 0.25) is 0 Å². The van der Waals surface area contributed by atoms with Gasteiger partial charge in [-0.05, 0) is 25.9 Å². The van der Waals surface area contributed by atoms with Crippen LogP contribution in [0.3, 0.4) is 0 Å². The average molecular weight is 241 g/mol. The highest BCUT2D eigenvalue weighted by molar-refractivity contribution is 5.78. The predicted octanol–water partition coefficient (Wildman–Crippen LogP) is 0.833. The molecule has 1 saturated carbocycles. The summed E-state index contributed by atoms with van der Waals surface area (Å²) >= 11 is 0. The molecule has 100 valence electrons. The minimum absolute atomic E-state index is 0.0611. The SMILES string of the molecule is CCNCC(C)C(=O)NCCN(CC)C1CC1. The van der Waals surface area contributed by atoms with Gasteiger partial charge < -0.3 is 10.6 Å². The summed E-state index contributed by atoms with van der Waals surface area (Å²) in [7, 11) is 0. The van der Waals surface area contributed by atoms with Gasteiger partial charge >= 0.3 is 0 Å². The lowest BCUT2D eigenvalue weighted by Gasteiger charge is -2.20. The molecule has 0 aromatic heterocycles. The zero-order valence-corrected chi connectivity index (χ0v) is 11.5. The van der Waals surface area contributed by atoms with Gasteiger partial charge in [0.05, 0.1) is 0 Å². The fourth-order valence-electron chi connectivity index (χ4n) is 1.99. The van der Waals surface area contributed by atoms with E-state index < -0.39 is 0 Å². The Kier molecular flexibility index (Phi) is 6.52. The molecular weight excluding hydrogens is 214 g/mol. The zero-order chi connectivity index (χ0) is 12.7. The maximum absolute atomic E-state index is 11.7. The van der Waals surface area contributed by atoms with Crippen molar-refractivity contribution >= 4 is 5.91 Å². The Morgan fingerprint density at radius 2 is 2.12 bits per heavy atom. The summed E-state index contributed by atoms with van der Waals surface area (Å²) in [5.74, 6) is 0.226. The fraction of sp³-hybridized carbons (Fsp3) is 0.923. The van der Waals surface area contributed by atoms with Crippen LogP contribution in [0.5, 0.6) is 0 Å². The number of rotatable bonds is 9. The van der Waals surface area contributed by atoms with Gasteiger partial charge in [-0.1, -0.05) is 20.8 Å². The standard InChI is InChI=1S/C13H27N3O/c1-4-14-10-11(3)13(17)15-8-9-16(5-2)12-6-7-12/h11-12,14H,4-10H2,1-3H3,(H,15,17). The van der Waals surface area contributed by atoms with Crippen LogP contribution in [0.1, 0.15) is 33.6 Å². The van der Waals surface area contributed by atoms with E-state index >= 15 is 0 Å². The van der Waals surface area contributed by atoms with Crippen LogP contribution in [0.15, 0.2) is 0 Å². The van der Waals surface area contributed by atoms with Gasteiger partial charge in [-0.2, -0.15) is 0 Å². The maximum Gasteiger partial charge on any atom is 0.224 e. The lowest BCUT2D eigenvalue weighted by Crippen LogP contribution is -2.40. The molecule has 0 spiro atoms. The molecule has 0 heterocycles. The Hall–Kier alpha value is -0.610. The zero-order valence-electron chi connectivity index (χ0n) is 11.5. The second-order valence-electron chi connectivity index (χ2n) is 4.86. The highest BCUT2D eigenvalue weighted by atomic mass is 16.1. The van der Waals surface area contributed by atoms with Crippen molar-refractivity contribution in [2.24, 2.45) is 5.92 Å². The van der Waals surface area contributed by atoms with Crippen LogP contribution in [0, 0.1) is 5.92 Å². The third-order valence-corrected chi connectivity index (χ3v) is 3.32. The quantitative estimate of drug-likeness (QED) is 0.628. The third kappa shape index (κ3) is 5.50. The van der Waals surface area contributed by atoms with Crippen molar-refractivity contribution in [2.75, 3.05) is 32.7 Å². The van der Waals surface area contributed by atoms with Crippen molar-refractivity contribution in [3.8, 4) is 0 Å². The fourth-order valence-corrected chi connectivity index (χ4v) is 1.99. The summed E-state index contributed by atoms with van der Waals surface area (Å²) in [6.45, 7) is 10.8. The lowest BCUT2D eigenvalue weighted by molar-refractivity contribution is -0.124. The Morgan fingerprint density at radius 3 is 2.65 bits per heavy atom. The van der Waals surface area contributed by atoms with Gasteiger partial charge in [0.15, 0.2) is 0 Å². The van der Waals surface area contributed by atoms with Crippen LogP contribution in [-0.4, -0.2) is 49.6 Å². The summed E-state index contributed by atoms with van der Waals surface area (Å²) in [5, 5.41) is 6.21. The van der Waals surface area contributed by atoms with E-state index in [1.165, 1.54) is 12.8 Å².